The Balaban J connectivity index is 1.43. The van der Waals surface area contributed by atoms with Crippen LogP contribution in [0.1, 0.15) is 115 Å². The molecule has 6 atom stereocenters. The van der Waals surface area contributed by atoms with E-state index in [9.17, 15) is 23.1 Å². The number of fused-ring (bicyclic) bond motifs is 1. The van der Waals surface area contributed by atoms with Gasteiger partial charge < -0.3 is 10.4 Å². The minimum atomic E-state index is -4.43. The van der Waals surface area contributed by atoms with E-state index in [0.29, 0.717) is 29.1 Å². The fourth-order valence-electron chi connectivity index (χ4n) is 8.21. The van der Waals surface area contributed by atoms with Gasteiger partial charge in [-0.1, -0.05) is 57.9 Å². The third kappa shape index (κ3) is 7.59. The van der Waals surface area contributed by atoms with Crippen LogP contribution in [0.15, 0.2) is 59.7 Å². The third-order valence-corrected chi connectivity index (χ3v) is 10.5. The number of alkyl halides is 3. The quantitative estimate of drug-likeness (QED) is 0.319. The van der Waals surface area contributed by atoms with E-state index in [2.05, 4.69) is 44.8 Å². The Morgan fingerprint density at radius 2 is 1.88 bits per heavy atom. The second-order valence-electron chi connectivity index (χ2n) is 14.4. The molecule has 0 saturated heterocycles. The Kier molecular flexibility index (Phi) is 9.86. The van der Waals surface area contributed by atoms with Gasteiger partial charge in [-0.15, -0.1) is 0 Å². The molecular formula is C36H50F3NO2. The summed E-state index contributed by atoms with van der Waals surface area (Å²) in [6.07, 6.45) is 11.0. The largest absolute Gasteiger partial charge is 0.416 e. The molecule has 42 heavy (non-hydrogen) atoms. The molecule has 3 fully saturated rings. The van der Waals surface area contributed by atoms with Gasteiger partial charge in [-0.2, -0.15) is 13.2 Å². The second kappa shape index (κ2) is 12.7. The van der Waals surface area contributed by atoms with Crippen LogP contribution in [0.25, 0.3) is 0 Å². The van der Waals surface area contributed by atoms with E-state index in [1.54, 1.807) is 5.57 Å². The Bertz CT molecular complexity index is 1190. The van der Waals surface area contributed by atoms with Gasteiger partial charge in [0.2, 0.25) is 0 Å². The van der Waals surface area contributed by atoms with E-state index in [-0.39, 0.29) is 17.5 Å². The summed E-state index contributed by atoms with van der Waals surface area (Å²) in [5, 5.41) is 13.2. The lowest BCUT2D eigenvalue weighted by molar-refractivity contribution is -0.137. The first kappa shape index (κ1) is 32.6. The van der Waals surface area contributed by atoms with E-state index in [4.69, 9.17) is 0 Å². The topological polar surface area (TPSA) is 49.3 Å². The van der Waals surface area contributed by atoms with Gasteiger partial charge in [-0.3, -0.25) is 4.79 Å². The average Bonchev–Trinajstić information content (AvgIpc) is 3.26. The van der Waals surface area contributed by atoms with Crippen LogP contribution >= 0.6 is 0 Å². The molecule has 0 spiro atoms. The van der Waals surface area contributed by atoms with Crippen molar-refractivity contribution in [2.45, 2.75) is 117 Å². The predicted octanol–water partition coefficient (Wildman–Crippen LogP) is 9.44. The van der Waals surface area contributed by atoms with Gasteiger partial charge in [0.05, 0.1) is 17.2 Å². The van der Waals surface area contributed by atoms with Gasteiger partial charge in [0.1, 0.15) is 0 Å². The highest BCUT2D eigenvalue weighted by atomic mass is 19.4. The summed E-state index contributed by atoms with van der Waals surface area (Å²) >= 11 is 0. The first-order valence-corrected chi connectivity index (χ1v) is 15.9. The molecule has 6 heteroatoms. The van der Waals surface area contributed by atoms with E-state index >= 15 is 0 Å². The van der Waals surface area contributed by atoms with Crippen molar-refractivity contribution >= 4 is 5.91 Å². The van der Waals surface area contributed by atoms with Crippen molar-refractivity contribution < 1.29 is 23.1 Å². The summed E-state index contributed by atoms with van der Waals surface area (Å²) in [5.74, 6) is 1.92. The molecule has 3 saturated carbocycles. The maximum absolute atomic E-state index is 12.9. The van der Waals surface area contributed by atoms with Crippen molar-refractivity contribution in [2.75, 3.05) is 0 Å². The molecule has 3 aliphatic carbocycles. The summed E-state index contributed by atoms with van der Waals surface area (Å²) < 4.78 is 38.8. The molecule has 0 bridgehead atoms. The van der Waals surface area contributed by atoms with Gasteiger partial charge in [-0.25, -0.2) is 0 Å². The van der Waals surface area contributed by atoms with Crippen LogP contribution in [0, 0.1) is 29.1 Å². The molecule has 0 aromatic heterocycles. The number of benzene rings is 1. The molecule has 2 N–H and O–H groups in total. The minimum Gasteiger partial charge on any atom is -0.390 e. The number of allylic oxidation sites excluding steroid dienone is 3. The lowest BCUT2D eigenvalue weighted by atomic mass is 9.60. The van der Waals surface area contributed by atoms with Crippen LogP contribution in [0.3, 0.4) is 0 Å². The SMILES string of the molecule is C=C1/C(=C\C=C2/CCC[C@]3(C)[C@@H]([C@H](C)CCCC(C)(C)O)CC[C@@H]23)C[C@@H](C)C[C@@H]1NC(=O)c1ccc(C(F)(F)F)cc1. The summed E-state index contributed by atoms with van der Waals surface area (Å²) in [4.78, 5) is 12.9. The van der Waals surface area contributed by atoms with Crippen molar-refractivity contribution in [3.05, 3.63) is 70.8 Å². The highest BCUT2D eigenvalue weighted by Crippen LogP contribution is 2.60. The number of halogens is 3. The molecule has 0 unspecified atom stereocenters. The molecular weight excluding hydrogens is 535 g/mol. The number of amides is 1. The average molecular weight is 586 g/mol. The van der Waals surface area contributed by atoms with Gasteiger partial charge in [0.25, 0.3) is 5.91 Å². The highest BCUT2D eigenvalue weighted by Gasteiger charge is 2.50. The van der Waals surface area contributed by atoms with Gasteiger partial charge >= 0.3 is 6.18 Å². The lowest BCUT2D eigenvalue weighted by Gasteiger charge is -2.44. The number of hydrogen-bond donors (Lipinski definition) is 2. The van der Waals surface area contributed by atoms with E-state index in [1.165, 1.54) is 37.8 Å². The van der Waals surface area contributed by atoms with Crippen LogP contribution in [0.4, 0.5) is 13.2 Å². The van der Waals surface area contributed by atoms with E-state index < -0.39 is 17.3 Å². The van der Waals surface area contributed by atoms with Crippen molar-refractivity contribution in [1.29, 1.82) is 0 Å². The summed E-state index contributed by atoms with van der Waals surface area (Å²) in [6.45, 7) is 15.2. The number of rotatable bonds is 8. The smallest absolute Gasteiger partial charge is 0.390 e. The fraction of sp³-hybridized carbons (Fsp3) is 0.639. The molecule has 0 aliphatic heterocycles. The van der Waals surface area contributed by atoms with Crippen LogP contribution in [0.5, 0.6) is 0 Å². The number of hydrogen-bond acceptors (Lipinski definition) is 2. The van der Waals surface area contributed by atoms with Gasteiger partial charge in [-0.05, 0) is 130 Å². The van der Waals surface area contributed by atoms with E-state index in [1.807, 2.05) is 13.8 Å². The minimum absolute atomic E-state index is 0.216. The van der Waals surface area contributed by atoms with Crippen LogP contribution in [0.2, 0.25) is 0 Å². The molecule has 1 aromatic carbocycles. The monoisotopic (exact) mass is 585 g/mol. The Morgan fingerprint density at radius 3 is 2.52 bits per heavy atom. The molecule has 0 heterocycles. The maximum atomic E-state index is 12.9. The highest BCUT2D eigenvalue weighted by molar-refractivity contribution is 5.94. The zero-order valence-corrected chi connectivity index (χ0v) is 26.1. The zero-order valence-electron chi connectivity index (χ0n) is 26.1. The van der Waals surface area contributed by atoms with Crippen molar-refractivity contribution in [1.82, 2.24) is 5.32 Å². The predicted molar refractivity (Wildman–Crippen MR) is 164 cm³/mol. The number of nitrogens with one attached hydrogen (secondary N) is 1. The molecule has 1 amide bonds. The summed E-state index contributed by atoms with van der Waals surface area (Å²) in [6, 6.07) is 4.12. The molecule has 3 aliphatic rings. The first-order valence-electron chi connectivity index (χ1n) is 15.9. The van der Waals surface area contributed by atoms with Gasteiger partial charge in [0, 0.05) is 5.56 Å². The normalized spacial score (nSPS) is 31.3. The maximum Gasteiger partial charge on any atom is 0.416 e. The Hall–Kier alpha value is -2.34. The van der Waals surface area contributed by atoms with Crippen molar-refractivity contribution in [2.24, 2.45) is 29.1 Å². The number of carbonyl (C=O) groups excluding carboxylic acids is 1. The van der Waals surface area contributed by atoms with E-state index in [0.717, 1.165) is 61.8 Å². The summed E-state index contributed by atoms with van der Waals surface area (Å²) in [5.41, 5.74) is 2.76. The van der Waals surface area contributed by atoms with Crippen LogP contribution < -0.4 is 5.32 Å². The fourth-order valence-corrected chi connectivity index (χ4v) is 8.21. The van der Waals surface area contributed by atoms with Crippen LogP contribution in [-0.2, 0) is 6.18 Å². The first-order chi connectivity index (χ1) is 19.6. The molecule has 1 aromatic rings. The third-order valence-electron chi connectivity index (χ3n) is 10.5. The molecule has 4 rings (SSSR count). The van der Waals surface area contributed by atoms with Gasteiger partial charge in [0.15, 0.2) is 0 Å². The van der Waals surface area contributed by atoms with Crippen molar-refractivity contribution in [3.63, 3.8) is 0 Å². The molecule has 3 nitrogen and oxygen atoms in total. The second-order valence-corrected chi connectivity index (χ2v) is 14.4. The summed E-state index contributed by atoms with van der Waals surface area (Å²) in [7, 11) is 0. The number of aliphatic hydroxyl groups is 1. The Labute approximate surface area is 250 Å². The lowest BCUT2D eigenvalue weighted by Crippen LogP contribution is -2.40. The van der Waals surface area contributed by atoms with Crippen LogP contribution in [-0.4, -0.2) is 22.7 Å². The number of carbonyl (C=O) groups is 1. The zero-order chi connectivity index (χ0) is 30.9. The molecule has 232 valence electrons. The van der Waals surface area contributed by atoms with Crippen molar-refractivity contribution in [3.8, 4) is 0 Å². The standard InChI is InChI=1S/C36H50F3NO2/c1-23-21-28(25(3)32(22-23)40-33(41)27-13-15-29(16-14-27)36(37,38)39)12-11-26-10-8-20-35(6)30(17-18-31(26)35)24(2)9-7-19-34(4,5)42/h11-16,23-24,30-32,42H,3,7-10,17-22H2,1-2,4-6H3,(H,40,41)/b26-11+,28-12-/t23-,24-,30-,31+,32+,35-/m1/s1. The Morgan fingerprint density at radius 1 is 1.19 bits per heavy atom. The molecule has 0 radical (unpaired) electrons.